The summed E-state index contributed by atoms with van der Waals surface area (Å²) >= 11 is 5.64. The summed E-state index contributed by atoms with van der Waals surface area (Å²) in [4.78, 5) is 11.3. The van der Waals surface area contributed by atoms with E-state index < -0.39 is 11.8 Å². The minimum absolute atomic E-state index is 0.120. The van der Waals surface area contributed by atoms with Crippen molar-refractivity contribution in [1.82, 2.24) is 0 Å². The third-order valence-electron chi connectivity index (χ3n) is 2.47. The van der Waals surface area contributed by atoms with Gasteiger partial charge in [0.25, 0.3) is 0 Å². The maximum absolute atomic E-state index is 13.4. The van der Waals surface area contributed by atoms with Crippen molar-refractivity contribution in [2.75, 3.05) is 12.4 Å². The molecule has 0 aliphatic rings. The van der Waals surface area contributed by atoms with Gasteiger partial charge in [-0.25, -0.2) is 9.18 Å². The Morgan fingerprint density at radius 1 is 1.42 bits per heavy atom. The molecule has 0 spiro atoms. The number of methoxy groups -OCH3 is 1. The summed E-state index contributed by atoms with van der Waals surface area (Å²) in [5.74, 6) is -0.713. The lowest BCUT2D eigenvalue weighted by Crippen LogP contribution is -2.06. The highest BCUT2D eigenvalue weighted by atomic mass is 35.5. The molecule has 0 saturated heterocycles. The van der Waals surface area contributed by atoms with Crippen LogP contribution in [-0.4, -0.2) is 13.1 Å². The number of ether oxygens (including phenoxy) is 1. The highest BCUT2D eigenvalue weighted by Crippen LogP contribution is 2.18. The Morgan fingerprint density at radius 3 is 2.84 bits per heavy atom. The smallest absolute Gasteiger partial charge is 0.340 e. The second kappa shape index (κ2) is 5.75. The number of hydrogen-bond donors (Lipinski definition) is 1. The molecule has 0 amide bonds. The largest absolute Gasteiger partial charge is 0.465 e. The number of furan rings is 1. The predicted molar refractivity (Wildman–Crippen MR) is 68.8 cm³/mol. The van der Waals surface area contributed by atoms with Crippen LogP contribution in [0, 0.1) is 5.82 Å². The van der Waals surface area contributed by atoms with Crippen LogP contribution >= 0.6 is 11.6 Å². The van der Waals surface area contributed by atoms with Gasteiger partial charge in [0.2, 0.25) is 0 Å². The number of benzene rings is 1. The van der Waals surface area contributed by atoms with E-state index in [-0.39, 0.29) is 5.56 Å². The van der Waals surface area contributed by atoms with Gasteiger partial charge in [-0.2, -0.15) is 0 Å². The van der Waals surface area contributed by atoms with Crippen LogP contribution in [0.15, 0.2) is 34.7 Å². The van der Waals surface area contributed by atoms with E-state index in [9.17, 15) is 9.18 Å². The molecule has 1 aromatic carbocycles. The lowest BCUT2D eigenvalue weighted by molar-refractivity contribution is 0.0595. The summed E-state index contributed by atoms with van der Waals surface area (Å²) in [6, 6.07) is 7.45. The highest BCUT2D eigenvalue weighted by molar-refractivity contribution is 6.28. The fourth-order valence-corrected chi connectivity index (χ4v) is 1.70. The summed E-state index contributed by atoms with van der Waals surface area (Å²) < 4.78 is 23.1. The molecule has 0 aliphatic heterocycles. The van der Waals surface area contributed by atoms with Crippen LogP contribution < -0.4 is 5.32 Å². The van der Waals surface area contributed by atoms with Crippen molar-refractivity contribution in [3.63, 3.8) is 0 Å². The number of anilines is 1. The van der Waals surface area contributed by atoms with Gasteiger partial charge in [0.05, 0.1) is 19.2 Å². The summed E-state index contributed by atoms with van der Waals surface area (Å²) in [5.41, 5.74) is 0.458. The Morgan fingerprint density at radius 2 is 2.21 bits per heavy atom. The van der Waals surface area contributed by atoms with Crippen molar-refractivity contribution in [1.29, 1.82) is 0 Å². The minimum Gasteiger partial charge on any atom is -0.465 e. The third-order valence-corrected chi connectivity index (χ3v) is 2.67. The Balaban J connectivity index is 2.10. The van der Waals surface area contributed by atoms with Crippen molar-refractivity contribution in [3.8, 4) is 0 Å². The normalized spacial score (nSPS) is 10.3. The SMILES string of the molecule is COC(=O)c1cc(NCc2ccc(Cl)o2)ccc1F. The summed E-state index contributed by atoms with van der Waals surface area (Å²) in [7, 11) is 1.20. The molecular formula is C13H11ClFNO3. The van der Waals surface area contributed by atoms with E-state index in [1.165, 1.54) is 25.3 Å². The molecule has 19 heavy (non-hydrogen) atoms. The molecule has 4 nitrogen and oxygen atoms in total. The van der Waals surface area contributed by atoms with Crippen molar-refractivity contribution in [2.24, 2.45) is 0 Å². The molecule has 0 saturated carbocycles. The zero-order valence-electron chi connectivity index (χ0n) is 10.1. The van der Waals surface area contributed by atoms with Gasteiger partial charge in [-0.05, 0) is 41.9 Å². The summed E-state index contributed by atoms with van der Waals surface area (Å²) in [5, 5.41) is 3.29. The molecule has 1 aromatic heterocycles. The number of carbonyl (C=O) groups is 1. The molecular weight excluding hydrogens is 273 g/mol. The van der Waals surface area contributed by atoms with Gasteiger partial charge in [-0.1, -0.05) is 0 Å². The highest BCUT2D eigenvalue weighted by Gasteiger charge is 2.12. The second-order valence-electron chi connectivity index (χ2n) is 3.75. The van der Waals surface area contributed by atoms with E-state index in [1.54, 1.807) is 12.1 Å². The average Bonchev–Trinajstić information content (AvgIpc) is 2.83. The first-order chi connectivity index (χ1) is 9.10. The molecule has 0 bridgehead atoms. The molecule has 0 radical (unpaired) electrons. The van der Waals surface area contributed by atoms with Gasteiger partial charge in [-0.3, -0.25) is 0 Å². The monoisotopic (exact) mass is 283 g/mol. The van der Waals surface area contributed by atoms with E-state index >= 15 is 0 Å². The zero-order chi connectivity index (χ0) is 13.8. The minimum atomic E-state index is -0.720. The van der Waals surface area contributed by atoms with Crippen molar-refractivity contribution in [3.05, 3.63) is 52.7 Å². The third kappa shape index (κ3) is 3.26. The average molecular weight is 284 g/mol. The lowest BCUT2D eigenvalue weighted by Gasteiger charge is -2.07. The van der Waals surface area contributed by atoms with Crippen LogP contribution in [0.4, 0.5) is 10.1 Å². The van der Waals surface area contributed by atoms with Gasteiger partial charge in [0, 0.05) is 5.69 Å². The first kappa shape index (κ1) is 13.4. The van der Waals surface area contributed by atoms with Gasteiger partial charge in [0.15, 0.2) is 5.22 Å². The molecule has 1 N–H and O–H groups in total. The van der Waals surface area contributed by atoms with Crippen LogP contribution in [-0.2, 0) is 11.3 Å². The fourth-order valence-electron chi connectivity index (χ4n) is 1.54. The number of hydrogen-bond acceptors (Lipinski definition) is 4. The molecule has 2 rings (SSSR count). The summed E-state index contributed by atoms with van der Waals surface area (Å²) in [6.07, 6.45) is 0. The second-order valence-corrected chi connectivity index (χ2v) is 4.12. The molecule has 0 aliphatic carbocycles. The topological polar surface area (TPSA) is 51.5 Å². The van der Waals surface area contributed by atoms with Crippen molar-refractivity contribution < 1.29 is 18.3 Å². The van der Waals surface area contributed by atoms with Gasteiger partial charge in [-0.15, -0.1) is 0 Å². The standard InChI is InChI=1S/C13H11ClFNO3/c1-18-13(17)10-6-8(2-4-11(10)15)16-7-9-3-5-12(14)19-9/h2-6,16H,7H2,1H3. The first-order valence-electron chi connectivity index (χ1n) is 5.46. The summed E-state index contributed by atoms with van der Waals surface area (Å²) in [6.45, 7) is 0.374. The van der Waals surface area contributed by atoms with Crippen LogP contribution in [0.25, 0.3) is 0 Å². The number of halogens is 2. The van der Waals surface area contributed by atoms with Crippen molar-refractivity contribution >= 4 is 23.3 Å². The maximum atomic E-state index is 13.4. The molecule has 6 heteroatoms. The van der Waals surface area contributed by atoms with Crippen LogP contribution in [0.2, 0.25) is 5.22 Å². The number of esters is 1. The Hall–Kier alpha value is -2.01. The van der Waals surface area contributed by atoms with Crippen LogP contribution in [0.1, 0.15) is 16.1 Å². The Labute approximate surface area is 114 Å². The van der Waals surface area contributed by atoms with E-state index in [1.807, 2.05) is 0 Å². The van der Waals surface area contributed by atoms with Gasteiger partial charge < -0.3 is 14.5 Å². The van der Waals surface area contributed by atoms with E-state index in [4.69, 9.17) is 16.0 Å². The van der Waals surface area contributed by atoms with Crippen molar-refractivity contribution in [2.45, 2.75) is 6.54 Å². The lowest BCUT2D eigenvalue weighted by atomic mass is 10.2. The zero-order valence-corrected chi connectivity index (χ0v) is 10.8. The molecule has 0 unspecified atom stereocenters. The van der Waals surface area contributed by atoms with E-state index in [2.05, 4.69) is 10.1 Å². The predicted octanol–water partition coefficient (Wildman–Crippen LogP) is 3.47. The van der Waals surface area contributed by atoms with Crippen LogP contribution in [0.3, 0.4) is 0 Å². The van der Waals surface area contributed by atoms with Crippen LogP contribution in [0.5, 0.6) is 0 Å². The Bertz CT molecular complexity index is 597. The number of rotatable bonds is 4. The number of carbonyl (C=O) groups excluding carboxylic acids is 1. The van der Waals surface area contributed by atoms with E-state index in [0.717, 1.165) is 0 Å². The maximum Gasteiger partial charge on any atom is 0.340 e. The number of nitrogens with one attached hydrogen (secondary N) is 1. The molecule has 100 valence electrons. The molecule has 1 heterocycles. The van der Waals surface area contributed by atoms with Gasteiger partial charge in [0.1, 0.15) is 11.6 Å². The Kier molecular flexibility index (Phi) is 4.06. The molecule has 0 fully saturated rings. The van der Waals surface area contributed by atoms with E-state index in [0.29, 0.717) is 23.2 Å². The molecule has 0 atom stereocenters. The quantitative estimate of drug-likeness (QED) is 0.873. The molecule has 2 aromatic rings. The first-order valence-corrected chi connectivity index (χ1v) is 5.84. The fraction of sp³-hybridized carbons (Fsp3) is 0.154. The van der Waals surface area contributed by atoms with Gasteiger partial charge >= 0.3 is 5.97 Å².